The van der Waals surface area contributed by atoms with E-state index in [1.165, 1.54) is 0 Å². The number of aryl methyl sites for hydroxylation is 1. The summed E-state index contributed by atoms with van der Waals surface area (Å²) in [5.41, 5.74) is 0. The van der Waals surface area contributed by atoms with Crippen molar-refractivity contribution in [3.05, 3.63) is 16.5 Å². The van der Waals surface area contributed by atoms with Crippen LogP contribution in [0, 0.1) is 0 Å². The summed E-state index contributed by atoms with van der Waals surface area (Å²) in [6.45, 7) is 3.74. The Morgan fingerprint density at radius 1 is 1.57 bits per heavy atom. The first-order chi connectivity index (χ1) is 6.78. The molecule has 0 aliphatic carbocycles. The van der Waals surface area contributed by atoms with Gasteiger partial charge in [0, 0.05) is 12.5 Å². The van der Waals surface area contributed by atoms with Gasteiger partial charge < -0.3 is 4.74 Å². The standard InChI is InChI=1S/C9H11BrN2OS/c1-2-8-11-7(10)3-9(12-8)14-6-4-13-5-6/h3,6H,2,4-5H2,1H3. The van der Waals surface area contributed by atoms with E-state index < -0.39 is 0 Å². The van der Waals surface area contributed by atoms with Crippen molar-refractivity contribution in [3.63, 3.8) is 0 Å². The third-order valence-electron chi connectivity index (χ3n) is 1.93. The quantitative estimate of drug-likeness (QED) is 0.793. The SMILES string of the molecule is CCc1nc(Br)cc(SC2COC2)n1. The third-order valence-corrected chi connectivity index (χ3v) is 3.39. The number of nitrogens with zero attached hydrogens (tertiary/aromatic N) is 2. The largest absolute Gasteiger partial charge is 0.379 e. The van der Waals surface area contributed by atoms with Gasteiger partial charge in [-0.3, -0.25) is 0 Å². The van der Waals surface area contributed by atoms with Crippen molar-refractivity contribution in [2.45, 2.75) is 23.6 Å². The summed E-state index contributed by atoms with van der Waals surface area (Å²) >= 11 is 5.16. The Balaban J connectivity index is 2.11. The van der Waals surface area contributed by atoms with E-state index in [0.29, 0.717) is 5.25 Å². The molecule has 14 heavy (non-hydrogen) atoms. The molecule has 0 saturated carbocycles. The van der Waals surface area contributed by atoms with Gasteiger partial charge >= 0.3 is 0 Å². The highest BCUT2D eigenvalue weighted by molar-refractivity contribution is 9.10. The summed E-state index contributed by atoms with van der Waals surface area (Å²) in [6.07, 6.45) is 0.869. The fraction of sp³-hybridized carbons (Fsp3) is 0.556. The second-order valence-corrected chi connectivity index (χ2v) is 5.21. The van der Waals surface area contributed by atoms with Crippen LogP contribution in [0.15, 0.2) is 15.7 Å². The van der Waals surface area contributed by atoms with E-state index in [4.69, 9.17) is 4.74 Å². The van der Waals surface area contributed by atoms with Crippen LogP contribution in [0.1, 0.15) is 12.7 Å². The average Bonchev–Trinajstić information content (AvgIpc) is 2.10. The second kappa shape index (κ2) is 4.59. The molecule has 5 heteroatoms. The first-order valence-corrected chi connectivity index (χ1v) is 6.23. The van der Waals surface area contributed by atoms with E-state index >= 15 is 0 Å². The number of rotatable bonds is 3. The van der Waals surface area contributed by atoms with Gasteiger partial charge in [0.1, 0.15) is 15.5 Å². The first kappa shape index (κ1) is 10.4. The molecule has 2 heterocycles. The highest BCUT2D eigenvalue weighted by Gasteiger charge is 2.20. The lowest BCUT2D eigenvalue weighted by Crippen LogP contribution is -2.30. The second-order valence-electron chi connectivity index (χ2n) is 3.08. The van der Waals surface area contributed by atoms with Crippen molar-refractivity contribution >= 4 is 27.7 Å². The smallest absolute Gasteiger partial charge is 0.130 e. The molecule has 2 rings (SSSR count). The lowest BCUT2D eigenvalue weighted by molar-refractivity contribution is 0.0454. The van der Waals surface area contributed by atoms with Crippen molar-refractivity contribution < 1.29 is 4.74 Å². The van der Waals surface area contributed by atoms with Crippen LogP contribution in [0.25, 0.3) is 0 Å². The summed E-state index contributed by atoms with van der Waals surface area (Å²) in [6, 6.07) is 1.96. The lowest BCUT2D eigenvalue weighted by Gasteiger charge is -2.24. The Labute approximate surface area is 95.8 Å². The van der Waals surface area contributed by atoms with Crippen LogP contribution in [-0.4, -0.2) is 28.4 Å². The third kappa shape index (κ3) is 2.46. The van der Waals surface area contributed by atoms with Crippen LogP contribution < -0.4 is 0 Å². The molecule has 1 aromatic rings. The summed E-state index contributed by atoms with van der Waals surface area (Å²) in [5.74, 6) is 0.891. The molecule has 1 aliphatic rings. The van der Waals surface area contributed by atoms with Crippen molar-refractivity contribution in [1.82, 2.24) is 9.97 Å². The molecule has 0 spiro atoms. The zero-order valence-corrected chi connectivity index (χ0v) is 10.3. The minimum Gasteiger partial charge on any atom is -0.379 e. The maximum Gasteiger partial charge on any atom is 0.130 e. The van der Waals surface area contributed by atoms with Crippen molar-refractivity contribution in [2.75, 3.05) is 13.2 Å². The molecule has 1 aromatic heterocycles. The minimum absolute atomic E-state index is 0.571. The lowest BCUT2D eigenvalue weighted by atomic mass is 10.4. The van der Waals surface area contributed by atoms with Crippen LogP contribution in [0.4, 0.5) is 0 Å². The zero-order chi connectivity index (χ0) is 9.97. The predicted octanol–water partition coefficient (Wildman–Crippen LogP) is 2.29. The van der Waals surface area contributed by atoms with Gasteiger partial charge in [-0.1, -0.05) is 18.7 Å². The van der Waals surface area contributed by atoms with E-state index in [9.17, 15) is 0 Å². The van der Waals surface area contributed by atoms with Gasteiger partial charge in [0.25, 0.3) is 0 Å². The first-order valence-electron chi connectivity index (χ1n) is 4.56. The molecular weight excluding hydrogens is 264 g/mol. The monoisotopic (exact) mass is 274 g/mol. The fourth-order valence-electron chi connectivity index (χ4n) is 1.11. The molecule has 0 unspecified atom stereocenters. The van der Waals surface area contributed by atoms with Crippen molar-refractivity contribution in [2.24, 2.45) is 0 Å². The van der Waals surface area contributed by atoms with Gasteiger partial charge in [-0.2, -0.15) is 0 Å². The summed E-state index contributed by atoms with van der Waals surface area (Å²) in [7, 11) is 0. The number of thioether (sulfide) groups is 1. The molecule has 1 saturated heterocycles. The van der Waals surface area contributed by atoms with E-state index in [1.807, 2.05) is 6.07 Å². The summed E-state index contributed by atoms with van der Waals surface area (Å²) in [5, 5.41) is 1.61. The molecule has 1 aliphatic heterocycles. The average molecular weight is 275 g/mol. The van der Waals surface area contributed by atoms with Crippen LogP contribution in [0.2, 0.25) is 0 Å². The number of hydrogen-bond donors (Lipinski definition) is 0. The van der Waals surface area contributed by atoms with Crippen LogP contribution in [-0.2, 0) is 11.2 Å². The van der Waals surface area contributed by atoms with E-state index in [2.05, 4.69) is 32.8 Å². The minimum atomic E-state index is 0.571. The summed E-state index contributed by atoms with van der Waals surface area (Å²) in [4.78, 5) is 8.70. The molecule has 0 bridgehead atoms. The van der Waals surface area contributed by atoms with Gasteiger partial charge in [0.15, 0.2) is 0 Å². The topological polar surface area (TPSA) is 35.0 Å². The molecule has 0 aromatic carbocycles. The molecule has 0 N–H and O–H groups in total. The molecule has 0 atom stereocenters. The number of halogens is 1. The highest BCUT2D eigenvalue weighted by atomic mass is 79.9. The maximum atomic E-state index is 5.12. The molecular formula is C9H11BrN2OS. The molecule has 1 fully saturated rings. The van der Waals surface area contributed by atoms with Gasteiger partial charge in [-0.25, -0.2) is 9.97 Å². The Kier molecular flexibility index (Phi) is 3.41. The number of hydrogen-bond acceptors (Lipinski definition) is 4. The van der Waals surface area contributed by atoms with Crippen LogP contribution >= 0.6 is 27.7 Å². The predicted molar refractivity (Wildman–Crippen MR) is 59.6 cm³/mol. The van der Waals surface area contributed by atoms with Crippen LogP contribution in [0.3, 0.4) is 0 Å². The number of ether oxygens (including phenoxy) is 1. The van der Waals surface area contributed by atoms with Gasteiger partial charge in [-0.15, -0.1) is 0 Å². The maximum absolute atomic E-state index is 5.12. The van der Waals surface area contributed by atoms with E-state index in [-0.39, 0.29) is 0 Å². The van der Waals surface area contributed by atoms with Gasteiger partial charge in [0.2, 0.25) is 0 Å². The zero-order valence-electron chi connectivity index (χ0n) is 7.86. The Morgan fingerprint density at radius 2 is 2.36 bits per heavy atom. The van der Waals surface area contributed by atoms with E-state index in [0.717, 1.165) is 35.1 Å². The van der Waals surface area contributed by atoms with Crippen LogP contribution in [0.5, 0.6) is 0 Å². The van der Waals surface area contributed by atoms with Crippen molar-refractivity contribution in [1.29, 1.82) is 0 Å². The van der Waals surface area contributed by atoms with Gasteiger partial charge in [-0.05, 0) is 15.9 Å². The summed E-state index contributed by atoms with van der Waals surface area (Å²) < 4.78 is 5.99. The Morgan fingerprint density at radius 3 is 2.93 bits per heavy atom. The van der Waals surface area contributed by atoms with Crippen molar-refractivity contribution in [3.8, 4) is 0 Å². The molecule has 3 nitrogen and oxygen atoms in total. The molecule has 0 amide bonds. The Bertz CT molecular complexity index is 331. The number of aromatic nitrogens is 2. The van der Waals surface area contributed by atoms with Gasteiger partial charge in [0.05, 0.1) is 18.5 Å². The Hall–Kier alpha value is -0.130. The normalized spacial score (nSPS) is 16.7. The fourth-order valence-corrected chi connectivity index (χ4v) is 2.69. The van der Waals surface area contributed by atoms with E-state index in [1.54, 1.807) is 11.8 Å². The highest BCUT2D eigenvalue weighted by Crippen LogP contribution is 2.27. The molecule has 76 valence electrons. The molecule has 0 radical (unpaired) electrons.